The van der Waals surface area contributed by atoms with Crippen molar-refractivity contribution < 1.29 is 42.9 Å². The summed E-state index contributed by atoms with van der Waals surface area (Å²) in [6.07, 6.45) is 71.0. The van der Waals surface area contributed by atoms with E-state index in [1.54, 1.807) is 6.08 Å². The second-order valence-corrected chi connectivity index (χ2v) is 22.4. The molecule has 0 aromatic carbocycles. The minimum absolute atomic E-state index is 0.0278. The Bertz CT molecular complexity index is 1410. The van der Waals surface area contributed by atoms with Crippen LogP contribution in [0.4, 0.5) is 0 Å². The van der Waals surface area contributed by atoms with E-state index in [1.165, 1.54) is 205 Å². The summed E-state index contributed by atoms with van der Waals surface area (Å²) >= 11 is 0. The Labute approximate surface area is 463 Å². The first-order valence-corrected chi connectivity index (χ1v) is 31.5. The standard InChI is InChI=1S/C66H119NO8/c1-6-8-10-12-14-16-18-20-22-23-24-25-26-27-28-29-30-31-32-33-34-35-36-37-38-39-40-41-43-44-46-48-50-52-54-56-63(68)73-60-62(61-74-66(65(70)71)72-59-58-67(3,4)5)75-64(69)57-55-53-51-49-47-45-42-21-19-17-15-13-11-9-7-2/h9,11,15,17,21,42,47,49,53,55,62,66H,6-8,10,12-14,16,18-20,22-41,43-46,48,50-52,54,56-61H2,1-5H3/p+1/b11-9-,17-15-,42-21-,49-47-,55-53-. The molecule has 9 heteroatoms. The number of allylic oxidation sites excluding steroid dienone is 9. The summed E-state index contributed by atoms with van der Waals surface area (Å²) in [5, 5.41) is 9.68. The van der Waals surface area contributed by atoms with Crippen molar-refractivity contribution in [1.29, 1.82) is 0 Å². The maximum atomic E-state index is 12.8. The molecule has 0 aliphatic heterocycles. The van der Waals surface area contributed by atoms with Crippen LogP contribution in [-0.2, 0) is 33.3 Å². The number of carboxylic acid groups (broad SMARTS) is 1. The smallest absolute Gasteiger partial charge is 0.361 e. The minimum Gasteiger partial charge on any atom is -0.477 e. The van der Waals surface area contributed by atoms with Gasteiger partial charge in [-0.25, -0.2) is 4.79 Å². The van der Waals surface area contributed by atoms with E-state index in [0.29, 0.717) is 17.4 Å². The Morgan fingerprint density at radius 1 is 0.413 bits per heavy atom. The number of carbonyl (C=O) groups excluding carboxylic acids is 2. The molecule has 75 heavy (non-hydrogen) atoms. The van der Waals surface area contributed by atoms with E-state index in [-0.39, 0.29) is 38.6 Å². The quantitative estimate of drug-likeness (QED) is 0.0211. The van der Waals surface area contributed by atoms with Crippen LogP contribution in [-0.4, -0.2) is 87.4 Å². The molecule has 0 rings (SSSR count). The van der Waals surface area contributed by atoms with E-state index in [4.69, 9.17) is 18.9 Å². The van der Waals surface area contributed by atoms with Gasteiger partial charge in [0.2, 0.25) is 0 Å². The number of carboxylic acids is 1. The third-order valence-electron chi connectivity index (χ3n) is 13.8. The number of aliphatic carboxylic acids is 1. The summed E-state index contributed by atoms with van der Waals surface area (Å²) in [7, 11) is 5.94. The van der Waals surface area contributed by atoms with E-state index in [9.17, 15) is 19.5 Å². The molecule has 1 N–H and O–H groups in total. The second kappa shape index (κ2) is 57.2. The molecule has 9 nitrogen and oxygen atoms in total. The predicted octanol–water partition coefficient (Wildman–Crippen LogP) is 18.8. The molecule has 0 heterocycles. The average molecular weight is 1060 g/mol. The number of hydrogen-bond donors (Lipinski definition) is 1. The van der Waals surface area contributed by atoms with Crippen molar-refractivity contribution in [2.75, 3.05) is 47.5 Å². The Balaban J connectivity index is 4.03. The largest absolute Gasteiger partial charge is 0.477 e. The third kappa shape index (κ3) is 58.5. The van der Waals surface area contributed by atoms with Gasteiger partial charge in [0.05, 0.1) is 40.8 Å². The first-order chi connectivity index (χ1) is 36.6. The van der Waals surface area contributed by atoms with Gasteiger partial charge in [0, 0.05) is 6.42 Å². The van der Waals surface area contributed by atoms with Crippen LogP contribution >= 0.6 is 0 Å². The highest BCUT2D eigenvalue weighted by molar-refractivity contribution is 5.72. The molecule has 2 atom stereocenters. The first-order valence-electron chi connectivity index (χ1n) is 31.5. The summed E-state index contributed by atoms with van der Waals surface area (Å²) < 4.78 is 22.7. The van der Waals surface area contributed by atoms with E-state index in [0.717, 1.165) is 44.9 Å². The van der Waals surface area contributed by atoms with Gasteiger partial charge in [0.1, 0.15) is 13.2 Å². The van der Waals surface area contributed by atoms with Gasteiger partial charge in [0.25, 0.3) is 6.29 Å². The zero-order valence-electron chi connectivity index (χ0n) is 49.7. The Hall–Kier alpha value is -3.01. The summed E-state index contributed by atoms with van der Waals surface area (Å²) in [5.41, 5.74) is 0. The lowest BCUT2D eigenvalue weighted by Crippen LogP contribution is -2.40. The highest BCUT2D eigenvalue weighted by Gasteiger charge is 2.25. The molecule has 0 aromatic heterocycles. The van der Waals surface area contributed by atoms with Crippen molar-refractivity contribution in [3.05, 3.63) is 60.8 Å². The van der Waals surface area contributed by atoms with Gasteiger partial charge in [-0.05, 0) is 38.5 Å². The number of nitrogens with zero attached hydrogens (tertiary/aromatic N) is 1. The zero-order valence-corrected chi connectivity index (χ0v) is 49.7. The first kappa shape index (κ1) is 72.0. The molecule has 0 aliphatic rings. The molecule has 0 aromatic rings. The fourth-order valence-electron chi connectivity index (χ4n) is 9.03. The van der Waals surface area contributed by atoms with Crippen LogP contribution in [0.15, 0.2) is 60.8 Å². The number of esters is 2. The van der Waals surface area contributed by atoms with Crippen LogP contribution in [0.2, 0.25) is 0 Å². The van der Waals surface area contributed by atoms with Crippen LogP contribution in [0.5, 0.6) is 0 Å². The Morgan fingerprint density at radius 2 is 0.747 bits per heavy atom. The molecule has 0 saturated carbocycles. The number of rotatable bonds is 58. The van der Waals surface area contributed by atoms with Gasteiger partial charge in [-0.3, -0.25) is 9.59 Å². The molecule has 0 spiro atoms. The highest BCUT2D eigenvalue weighted by Crippen LogP contribution is 2.18. The summed E-state index contributed by atoms with van der Waals surface area (Å²) in [6, 6.07) is 0. The van der Waals surface area contributed by atoms with Crippen molar-refractivity contribution >= 4 is 17.9 Å². The molecule has 2 unspecified atom stereocenters. The third-order valence-corrected chi connectivity index (χ3v) is 13.8. The molecule has 436 valence electrons. The Kier molecular flexibility index (Phi) is 54.9. The molecule has 0 saturated heterocycles. The van der Waals surface area contributed by atoms with Gasteiger partial charge in [-0.15, -0.1) is 0 Å². The number of hydrogen-bond acceptors (Lipinski definition) is 7. The van der Waals surface area contributed by atoms with Gasteiger partial charge in [-0.1, -0.05) is 293 Å². The average Bonchev–Trinajstić information content (AvgIpc) is 3.38. The summed E-state index contributed by atoms with van der Waals surface area (Å²) in [4.78, 5) is 37.3. The van der Waals surface area contributed by atoms with Gasteiger partial charge < -0.3 is 28.5 Å². The van der Waals surface area contributed by atoms with Crippen molar-refractivity contribution in [1.82, 2.24) is 0 Å². The predicted molar refractivity (Wildman–Crippen MR) is 318 cm³/mol. The maximum Gasteiger partial charge on any atom is 0.361 e. The summed E-state index contributed by atoms with van der Waals surface area (Å²) in [5.74, 6) is -2.16. The lowest BCUT2D eigenvalue weighted by molar-refractivity contribution is -0.870. The molecule has 0 fully saturated rings. The number of ether oxygens (including phenoxy) is 4. The van der Waals surface area contributed by atoms with Crippen molar-refractivity contribution in [2.45, 2.75) is 296 Å². The van der Waals surface area contributed by atoms with E-state index >= 15 is 0 Å². The van der Waals surface area contributed by atoms with Crippen molar-refractivity contribution in [3.8, 4) is 0 Å². The van der Waals surface area contributed by atoms with Gasteiger partial charge in [-0.2, -0.15) is 0 Å². The second-order valence-electron chi connectivity index (χ2n) is 22.4. The van der Waals surface area contributed by atoms with Crippen LogP contribution < -0.4 is 0 Å². The topological polar surface area (TPSA) is 108 Å². The van der Waals surface area contributed by atoms with Crippen LogP contribution in [0, 0.1) is 0 Å². The zero-order chi connectivity index (χ0) is 54.8. The number of unbranched alkanes of at least 4 members (excludes halogenated alkanes) is 34. The molecular weight excluding hydrogens is 935 g/mol. The summed E-state index contributed by atoms with van der Waals surface area (Å²) in [6.45, 7) is 4.68. The van der Waals surface area contributed by atoms with E-state index in [1.807, 2.05) is 33.3 Å². The Morgan fingerprint density at radius 3 is 1.08 bits per heavy atom. The highest BCUT2D eigenvalue weighted by atomic mass is 16.7. The van der Waals surface area contributed by atoms with Crippen LogP contribution in [0.3, 0.4) is 0 Å². The fraction of sp³-hybridized carbons (Fsp3) is 0.803. The maximum absolute atomic E-state index is 12.8. The van der Waals surface area contributed by atoms with Crippen molar-refractivity contribution in [3.63, 3.8) is 0 Å². The number of likely N-dealkylation sites (N-methyl/N-ethyl adjacent to an activating group) is 1. The molecule has 0 amide bonds. The van der Waals surface area contributed by atoms with E-state index < -0.39 is 24.3 Å². The van der Waals surface area contributed by atoms with Gasteiger partial charge in [0.15, 0.2) is 6.10 Å². The fourth-order valence-corrected chi connectivity index (χ4v) is 9.03. The number of carbonyl (C=O) groups is 3. The number of quaternary nitrogens is 1. The lowest BCUT2D eigenvalue weighted by atomic mass is 10.0. The normalized spacial score (nSPS) is 13.1. The molecule has 0 radical (unpaired) electrons. The van der Waals surface area contributed by atoms with Gasteiger partial charge >= 0.3 is 17.9 Å². The van der Waals surface area contributed by atoms with E-state index in [2.05, 4.69) is 56.4 Å². The SMILES string of the molecule is CC/C=C\C/C=C\C/C=C\C/C=C\C/C=C\CC(=O)OC(COC(=O)CCCCCCCCCCCCCCCCCCCCCCCCCCCCCCCCCCCCC)COC(OCC[N+](C)(C)C)C(=O)O. The van der Waals surface area contributed by atoms with Crippen LogP contribution in [0.25, 0.3) is 0 Å². The lowest BCUT2D eigenvalue weighted by Gasteiger charge is -2.25. The monoisotopic (exact) mass is 1050 g/mol. The van der Waals surface area contributed by atoms with Crippen LogP contribution in [0.1, 0.15) is 284 Å². The minimum atomic E-state index is -1.54. The molecule has 0 bridgehead atoms. The molecule has 0 aliphatic carbocycles. The molecular formula is C66H120NO8+. The van der Waals surface area contributed by atoms with Crippen molar-refractivity contribution in [2.24, 2.45) is 0 Å².